The van der Waals surface area contributed by atoms with Crippen molar-refractivity contribution in [1.82, 2.24) is 0 Å². The number of benzene rings is 3. The Morgan fingerprint density at radius 2 is 1.44 bits per heavy atom. The van der Waals surface area contributed by atoms with Crippen molar-refractivity contribution < 1.29 is 0 Å². The molecule has 1 aliphatic carbocycles. The van der Waals surface area contributed by atoms with Crippen molar-refractivity contribution in [3.63, 3.8) is 0 Å². The summed E-state index contributed by atoms with van der Waals surface area (Å²) in [7, 11) is 0.808. The Morgan fingerprint density at radius 3 is 1.86 bits per heavy atom. The van der Waals surface area contributed by atoms with Crippen LogP contribution in [0, 0.1) is 38.5 Å². The van der Waals surface area contributed by atoms with E-state index in [0.29, 0.717) is 17.5 Å². The van der Waals surface area contributed by atoms with E-state index >= 15 is 0 Å². The monoisotopic (exact) mass is 687 g/mol. The second-order valence-corrected chi connectivity index (χ2v) is 14.1. The quantitative estimate of drug-likeness (QED) is 0.149. The zero-order valence-corrected chi connectivity index (χ0v) is 34.3. The van der Waals surface area contributed by atoms with Crippen molar-refractivity contribution in [2.75, 3.05) is 6.66 Å². The highest BCUT2D eigenvalue weighted by atomic mass is 31.1. The largest absolute Gasteiger partial charge is 0.399 e. The van der Waals surface area contributed by atoms with E-state index in [2.05, 4.69) is 154 Å². The van der Waals surface area contributed by atoms with Gasteiger partial charge in [0.05, 0.1) is 0 Å². The van der Waals surface area contributed by atoms with Gasteiger partial charge in [-0.15, -0.1) is 6.58 Å². The van der Waals surface area contributed by atoms with Gasteiger partial charge in [0.2, 0.25) is 0 Å². The van der Waals surface area contributed by atoms with Gasteiger partial charge in [-0.25, -0.2) is 0 Å². The lowest BCUT2D eigenvalue weighted by atomic mass is 9.97. The molecule has 4 rings (SSSR count). The number of nitrogens with two attached hydrogens (primary N) is 1. The average Bonchev–Trinajstić information content (AvgIpc) is 3.10. The Bertz CT molecular complexity index is 1630. The highest BCUT2D eigenvalue weighted by Crippen LogP contribution is 2.29. The SMILES string of the molecule is C=C(C)CC(C)C(=C)C.C=C(N)c1cccc(C)c1.C=C(PC)c1ccc(C)c(C)c1.CC.CC(C)c1ccc(C#CC2=CCCC=C2)cc1. The summed E-state index contributed by atoms with van der Waals surface area (Å²) in [6, 6.07) is 23.1. The highest BCUT2D eigenvalue weighted by Gasteiger charge is 2.01. The van der Waals surface area contributed by atoms with Gasteiger partial charge in [0, 0.05) is 16.8 Å². The first-order valence-corrected chi connectivity index (χ1v) is 19.4. The zero-order chi connectivity index (χ0) is 38.2. The van der Waals surface area contributed by atoms with Crippen LogP contribution in [0.5, 0.6) is 0 Å². The molecule has 0 amide bonds. The molecule has 3 aromatic rings. The fourth-order valence-corrected chi connectivity index (χ4v) is 4.86. The van der Waals surface area contributed by atoms with E-state index in [1.807, 2.05) is 45.0 Å². The Labute approximate surface area is 310 Å². The van der Waals surface area contributed by atoms with Gasteiger partial charge >= 0.3 is 0 Å². The lowest BCUT2D eigenvalue weighted by molar-refractivity contribution is 0.676. The number of aryl methyl sites for hydroxylation is 3. The van der Waals surface area contributed by atoms with Crippen molar-refractivity contribution >= 4 is 19.6 Å². The third-order valence-corrected chi connectivity index (χ3v) is 8.86. The summed E-state index contributed by atoms with van der Waals surface area (Å²) in [5.41, 5.74) is 18.4. The summed E-state index contributed by atoms with van der Waals surface area (Å²) in [5.74, 6) is 7.61. The van der Waals surface area contributed by atoms with Gasteiger partial charge in [0.25, 0.3) is 0 Å². The molecule has 0 fully saturated rings. The molecule has 0 aliphatic heterocycles. The normalized spacial score (nSPS) is 11.7. The maximum Gasteiger partial charge on any atom is 0.0314 e. The molecule has 2 unspecified atom stereocenters. The maximum atomic E-state index is 5.49. The van der Waals surface area contributed by atoms with Crippen LogP contribution in [0.2, 0.25) is 0 Å². The van der Waals surface area contributed by atoms with Crippen molar-refractivity contribution in [3.05, 3.63) is 167 Å². The van der Waals surface area contributed by atoms with E-state index in [1.165, 1.54) is 44.3 Å². The topological polar surface area (TPSA) is 26.0 Å². The number of rotatable bonds is 7. The van der Waals surface area contributed by atoms with Gasteiger partial charge in [-0.05, 0) is 124 Å². The summed E-state index contributed by atoms with van der Waals surface area (Å²) in [5, 5.41) is 1.25. The van der Waals surface area contributed by atoms with Crippen LogP contribution in [0.3, 0.4) is 0 Å². The third-order valence-electron chi connectivity index (χ3n) is 7.97. The molecular weight excluding hydrogens is 622 g/mol. The van der Waals surface area contributed by atoms with Crippen LogP contribution in [0.15, 0.2) is 128 Å². The lowest BCUT2D eigenvalue weighted by Gasteiger charge is -2.09. The first-order chi connectivity index (χ1) is 23.6. The lowest BCUT2D eigenvalue weighted by Crippen LogP contribution is -1.94. The molecule has 1 nitrogen and oxygen atoms in total. The van der Waals surface area contributed by atoms with Gasteiger partial charge < -0.3 is 5.73 Å². The molecule has 1 aliphatic rings. The molecule has 2 N–H and O–H groups in total. The minimum absolute atomic E-state index is 0.584. The van der Waals surface area contributed by atoms with Crippen LogP contribution in [0.4, 0.5) is 0 Å². The van der Waals surface area contributed by atoms with Gasteiger partial charge in [-0.1, -0.05) is 158 Å². The molecule has 0 radical (unpaired) electrons. The summed E-state index contributed by atoms with van der Waals surface area (Å²) in [6.07, 6.45) is 9.84. The van der Waals surface area contributed by atoms with E-state index in [-0.39, 0.29) is 0 Å². The van der Waals surface area contributed by atoms with E-state index in [4.69, 9.17) is 5.73 Å². The molecule has 0 saturated heterocycles. The molecule has 3 aromatic carbocycles. The molecule has 50 heavy (non-hydrogen) atoms. The molecule has 2 heteroatoms. The molecule has 0 heterocycles. The second-order valence-electron chi connectivity index (χ2n) is 13.0. The first-order valence-electron chi connectivity index (χ1n) is 17.9. The van der Waals surface area contributed by atoms with E-state index in [9.17, 15) is 0 Å². The third kappa shape index (κ3) is 19.8. The summed E-state index contributed by atoms with van der Waals surface area (Å²) < 4.78 is 0. The van der Waals surface area contributed by atoms with E-state index in [1.54, 1.807) is 0 Å². The fourth-order valence-electron chi connectivity index (χ4n) is 4.42. The standard InChI is InChI=1S/C17H18.C11H15P.C9H11N.C9H16.C2H6/c1-14(2)17-12-10-16(11-13-17)9-8-15-6-4-3-5-7-15;1-8-5-6-11(7-9(8)2)10(3)12-4;1-7-4-3-5-9(6-7)8(2)10;1-7(2)6-9(5)8(3)4;1-2/h4,6-7,10-14H,3,5H2,1-2H3;5-7,12H,3H2,1-2,4H3;3-6H,2,10H2,1H3;9H,1,3,6H2,2,4-5H3;1-2H3. The second kappa shape index (κ2) is 25.8. The molecule has 0 aromatic heterocycles. The molecule has 2 atom stereocenters. The minimum atomic E-state index is 0.584. The average molecular weight is 688 g/mol. The summed E-state index contributed by atoms with van der Waals surface area (Å²) in [4.78, 5) is 0. The Kier molecular flexibility index (Phi) is 23.7. The summed E-state index contributed by atoms with van der Waals surface area (Å²) >= 11 is 0. The van der Waals surface area contributed by atoms with E-state index in [0.717, 1.165) is 44.5 Å². The van der Waals surface area contributed by atoms with Crippen LogP contribution in [-0.2, 0) is 0 Å². The van der Waals surface area contributed by atoms with Crippen LogP contribution in [0.1, 0.15) is 113 Å². The Hall–Kier alpha value is -4.11. The predicted octanol–water partition coefficient (Wildman–Crippen LogP) is 14.1. The highest BCUT2D eigenvalue weighted by molar-refractivity contribution is 7.49. The number of hydrogen-bond donors (Lipinski definition) is 1. The predicted molar refractivity (Wildman–Crippen MR) is 232 cm³/mol. The Morgan fingerprint density at radius 1 is 0.800 bits per heavy atom. The smallest absolute Gasteiger partial charge is 0.0314 e. The van der Waals surface area contributed by atoms with Gasteiger partial charge in [-0.2, -0.15) is 0 Å². The first kappa shape index (κ1) is 45.9. The van der Waals surface area contributed by atoms with Crippen LogP contribution in [0.25, 0.3) is 11.0 Å². The molecule has 0 saturated carbocycles. The van der Waals surface area contributed by atoms with Crippen molar-refractivity contribution in [3.8, 4) is 11.8 Å². The van der Waals surface area contributed by atoms with Crippen molar-refractivity contribution in [2.24, 2.45) is 11.7 Å². The molecular formula is C48H66NP. The maximum absolute atomic E-state index is 5.49. The zero-order valence-electron chi connectivity index (χ0n) is 33.3. The van der Waals surface area contributed by atoms with E-state index < -0.39 is 0 Å². The van der Waals surface area contributed by atoms with Gasteiger partial charge in [-0.3, -0.25) is 0 Å². The Balaban J connectivity index is 0.000000650. The number of hydrogen-bond acceptors (Lipinski definition) is 1. The van der Waals surface area contributed by atoms with Gasteiger partial charge in [0.15, 0.2) is 0 Å². The van der Waals surface area contributed by atoms with Crippen LogP contribution >= 0.6 is 8.58 Å². The van der Waals surface area contributed by atoms with Crippen molar-refractivity contribution in [2.45, 2.75) is 94.4 Å². The van der Waals surface area contributed by atoms with Gasteiger partial charge in [0.1, 0.15) is 0 Å². The fraction of sp³-hybridized carbons (Fsp3) is 0.333. The van der Waals surface area contributed by atoms with Crippen LogP contribution in [-0.4, -0.2) is 6.66 Å². The summed E-state index contributed by atoms with van der Waals surface area (Å²) in [6.45, 7) is 38.6. The van der Waals surface area contributed by atoms with Crippen molar-refractivity contribution in [1.29, 1.82) is 0 Å². The molecule has 268 valence electrons. The molecule has 0 bridgehead atoms. The molecule has 0 spiro atoms. The number of allylic oxidation sites excluding steroid dienone is 6. The minimum Gasteiger partial charge on any atom is -0.399 e. The van der Waals surface area contributed by atoms with Crippen LogP contribution < -0.4 is 5.73 Å².